The van der Waals surface area contributed by atoms with Crippen LogP contribution in [0.25, 0.3) is 0 Å². The normalized spacial score (nSPS) is 26.0. The Hall–Kier alpha value is -0.260. The van der Waals surface area contributed by atoms with Crippen molar-refractivity contribution in [3.63, 3.8) is 0 Å². The van der Waals surface area contributed by atoms with Crippen LogP contribution in [0.15, 0.2) is 0 Å². The summed E-state index contributed by atoms with van der Waals surface area (Å²) in [4.78, 5) is 12.1. The second kappa shape index (κ2) is 5.16. The van der Waals surface area contributed by atoms with E-state index in [4.69, 9.17) is 10.5 Å². The van der Waals surface area contributed by atoms with Crippen molar-refractivity contribution in [3.8, 4) is 0 Å². The van der Waals surface area contributed by atoms with Gasteiger partial charge in [0, 0.05) is 24.5 Å². The molecule has 4 nitrogen and oxygen atoms in total. The topological polar surface area (TPSA) is 64.4 Å². The first-order valence-electron chi connectivity index (χ1n) is 6.30. The minimum atomic E-state index is -0.707. The molecule has 17 heavy (non-hydrogen) atoms. The van der Waals surface area contributed by atoms with Gasteiger partial charge in [-0.1, -0.05) is 6.42 Å². The van der Waals surface area contributed by atoms with Crippen LogP contribution in [0.2, 0.25) is 0 Å². The molecule has 0 bridgehead atoms. The molecule has 3 N–H and O–H groups in total. The second-order valence-electron chi connectivity index (χ2n) is 5.19. The lowest BCUT2D eigenvalue weighted by molar-refractivity contribution is -0.129. The van der Waals surface area contributed by atoms with Crippen molar-refractivity contribution in [1.82, 2.24) is 5.32 Å². The molecule has 0 atom stereocenters. The van der Waals surface area contributed by atoms with Gasteiger partial charge in [-0.05, 0) is 31.9 Å². The number of rotatable bonds is 4. The van der Waals surface area contributed by atoms with E-state index in [1.54, 1.807) is 0 Å². The molecule has 2 aliphatic rings. The molecule has 2 rings (SSSR count). The van der Waals surface area contributed by atoms with E-state index >= 15 is 0 Å². The van der Waals surface area contributed by atoms with E-state index in [9.17, 15) is 4.79 Å². The highest BCUT2D eigenvalue weighted by Crippen LogP contribution is 2.42. The van der Waals surface area contributed by atoms with Gasteiger partial charge in [-0.15, -0.1) is 0 Å². The van der Waals surface area contributed by atoms with Gasteiger partial charge in [0.1, 0.15) is 0 Å². The summed E-state index contributed by atoms with van der Waals surface area (Å²) in [5.74, 6) is 0.00104. The fraction of sp³-hybridized carbons (Fsp3) is 0.917. The molecule has 1 amide bonds. The van der Waals surface area contributed by atoms with E-state index in [0.29, 0.717) is 26.1 Å². The van der Waals surface area contributed by atoms with E-state index < -0.39 is 5.54 Å². The fourth-order valence-corrected chi connectivity index (χ4v) is 3.32. The van der Waals surface area contributed by atoms with Crippen molar-refractivity contribution in [1.29, 1.82) is 0 Å². The number of ether oxygens (including phenoxy) is 1. The molecule has 0 aromatic rings. The predicted molar refractivity (Wildman–Crippen MR) is 70.1 cm³/mol. The largest absolute Gasteiger partial charge is 0.381 e. The fourth-order valence-electron chi connectivity index (χ4n) is 2.40. The Bertz CT molecular complexity index is 281. The van der Waals surface area contributed by atoms with Gasteiger partial charge in [0.2, 0.25) is 5.91 Å². The SMILES string of the molecule is CSC1(CNC(=O)C2(N)CCOCC2)CCC1. The minimum absolute atomic E-state index is 0.00104. The van der Waals surface area contributed by atoms with E-state index in [-0.39, 0.29) is 10.7 Å². The average Bonchev–Trinajstić information content (AvgIpc) is 2.29. The first-order chi connectivity index (χ1) is 8.10. The molecule has 1 aliphatic heterocycles. The van der Waals surface area contributed by atoms with Gasteiger partial charge in [0.25, 0.3) is 0 Å². The van der Waals surface area contributed by atoms with Gasteiger partial charge in [-0.25, -0.2) is 0 Å². The van der Waals surface area contributed by atoms with Crippen LogP contribution in [0.5, 0.6) is 0 Å². The zero-order valence-corrected chi connectivity index (χ0v) is 11.3. The Kier molecular flexibility index (Phi) is 4.00. The maximum atomic E-state index is 12.1. The number of amides is 1. The van der Waals surface area contributed by atoms with Crippen molar-refractivity contribution in [2.75, 3.05) is 26.0 Å². The number of hydrogen-bond acceptors (Lipinski definition) is 4. The molecule has 5 heteroatoms. The highest BCUT2D eigenvalue weighted by Gasteiger charge is 2.40. The lowest BCUT2D eigenvalue weighted by atomic mass is 9.83. The van der Waals surface area contributed by atoms with Crippen LogP contribution in [0.3, 0.4) is 0 Å². The average molecular weight is 258 g/mol. The molecule has 1 aliphatic carbocycles. The Morgan fingerprint density at radius 1 is 1.35 bits per heavy atom. The van der Waals surface area contributed by atoms with Gasteiger partial charge < -0.3 is 15.8 Å². The number of nitrogens with one attached hydrogen (secondary N) is 1. The van der Waals surface area contributed by atoms with E-state index in [0.717, 1.165) is 6.54 Å². The summed E-state index contributed by atoms with van der Waals surface area (Å²) >= 11 is 1.87. The van der Waals surface area contributed by atoms with Gasteiger partial charge >= 0.3 is 0 Å². The quantitative estimate of drug-likeness (QED) is 0.786. The molecule has 1 heterocycles. The molecule has 1 saturated heterocycles. The summed E-state index contributed by atoms with van der Waals surface area (Å²) in [5.41, 5.74) is 5.43. The highest BCUT2D eigenvalue weighted by molar-refractivity contribution is 8.00. The summed E-state index contributed by atoms with van der Waals surface area (Å²) < 4.78 is 5.52. The van der Waals surface area contributed by atoms with Gasteiger partial charge in [-0.2, -0.15) is 11.8 Å². The van der Waals surface area contributed by atoms with Crippen LogP contribution in [0.4, 0.5) is 0 Å². The maximum absolute atomic E-state index is 12.1. The van der Waals surface area contributed by atoms with Gasteiger partial charge in [0.15, 0.2) is 0 Å². The minimum Gasteiger partial charge on any atom is -0.381 e. The zero-order valence-electron chi connectivity index (χ0n) is 10.5. The van der Waals surface area contributed by atoms with Crippen molar-refractivity contribution < 1.29 is 9.53 Å². The number of hydrogen-bond donors (Lipinski definition) is 2. The summed E-state index contributed by atoms with van der Waals surface area (Å²) in [6.07, 6.45) is 7.07. The third-order valence-corrected chi connectivity index (χ3v) is 5.52. The maximum Gasteiger partial charge on any atom is 0.240 e. The standard InChI is InChI=1S/C12H22N2O2S/c1-17-11(3-2-4-11)9-14-10(15)12(13)5-7-16-8-6-12/h2-9,13H2,1H3,(H,14,15). The Balaban J connectivity index is 1.84. The molecule has 1 saturated carbocycles. The molecular weight excluding hydrogens is 236 g/mol. The Morgan fingerprint density at radius 2 is 2.00 bits per heavy atom. The van der Waals surface area contributed by atoms with Crippen molar-refractivity contribution in [2.45, 2.75) is 42.4 Å². The lowest BCUT2D eigenvalue weighted by Gasteiger charge is -2.41. The Labute approximate surface area is 107 Å². The Morgan fingerprint density at radius 3 is 2.47 bits per heavy atom. The van der Waals surface area contributed by atoms with Gasteiger partial charge in [0.05, 0.1) is 5.54 Å². The van der Waals surface area contributed by atoms with Crippen LogP contribution >= 0.6 is 11.8 Å². The molecule has 0 aromatic heterocycles. The van der Waals surface area contributed by atoms with E-state index in [1.807, 2.05) is 11.8 Å². The summed E-state index contributed by atoms with van der Waals surface area (Å²) in [6.45, 7) is 1.95. The number of carbonyl (C=O) groups is 1. The first-order valence-corrected chi connectivity index (χ1v) is 7.53. The highest BCUT2D eigenvalue weighted by atomic mass is 32.2. The first kappa shape index (κ1) is 13.2. The molecule has 2 fully saturated rings. The third kappa shape index (κ3) is 2.77. The molecule has 0 unspecified atom stereocenters. The number of carbonyl (C=O) groups excluding carboxylic acids is 1. The summed E-state index contributed by atoms with van der Waals surface area (Å²) in [6, 6.07) is 0. The van der Waals surface area contributed by atoms with E-state index in [1.165, 1.54) is 19.3 Å². The summed E-state index contributed by atoms with van der Waals surface area (Å²) in [7, 11) is 0. The molecule has 98 valence electrons. The lowest BCUT2D eigenvalue weighted by Crippen LogP contribution is -2.59. The van der Waals surface area contributed by atoms with Crippen LogP contribution < -0.4 is 11.1 Å². The smallest absolute Gasteiger partial charge is 0.240 e. The van der Waals surface area contributed by atoms with Crippen molar-refractivity contribution >= 4 is 17.7 Å². The van der Waals surface area contributed by atoms with Crippen molar-refractivity contribution in [3.05, 3.63) is 0 Å². The monoisotopic (exact) mass is 258 g/mol. The van der Waals surface area contributed by atoms with Crippen LogP contribution in [0, 0.1) is 0 Å². The number of nitrogens with two attached hydrogens (primary N) is 1. The molecule has 0 radical (unpaired) electrons. The molecule has 0 spiro atoms. The zero-order chi connectivity index (χ0) is 12.4. The number of thioether (sulfide) groups is 1. The van der Waals surface area contributed by atoms with Crippen LogP contribution in [0.1, 0.15) is 32.1 Å². The molecular formula is C12H22N2O2S. The summed E-state index contributed by atoms with van der Waals surface area (Å²) in [5, 5.41) is 3.05. The van der Waals surface area contributed by atoms with E-state index in [2.05, 4.69) is 11.6 Å². The second-order valence-corrected chi connectivity index (χ2v) is 6.47. The van der Waals surface area contributed by atoms with Gasteiger partial charge in [-0.3, -0.25) is 4.79 Å². The van der Waals surface area contributed by atoms with Crippen molar-refractivity contribution in [2.24, 2.45) is 5.73 Å². The predicted octanol–water partition coefficient (Wildman–Crippen LogP) is 0.896. The molecule has 0 aromatic carbocycles. The third-order valence-electron chi connectivity index (χ3n) is 4.11. The van der Waals surface area contributed by atoms with Crippen LogP contribution in [-0.4, -0.2) is 42.2 Å². The van der Waals surface area contributed by atoms with Crippen LogP contribution in [-0.2, 0) is 9.53 Å².